The highest BCUT2D eigenvalue weighted by atomic mass is 19.1. The largest absolute Gasteiger partial charge is 0.394 e. The molecule has 1 aliphatic heterocycles. The molecule has 0 radical (unpaired) electrons. The Balaban J connectivity index is 1.61. The van der Waals surface area contributed by atoms with Crippen molar-refractivity contribution in [2.45, 2.75) is 19.0 Å². The first-order chi connectivity index (χ1) is 11.7. The third kappa shape index (κ3) is 3.63. The van der Waals surface area contributed by atoms with Gasteiger partial charge < -0.3 is 10.4 Å². The highest BCUT2D eigenvalue weighted by molar-refractivity contribution is 5.78. The fraction of sp³-hybridized carbons (Fsp3) is 0.316. The van der Waals surface area contributed by atoms with Gasteiger partial charge in [-0.05, 0) is 23.6 Å². The number of nitrogens with one attached hydrogen (secondary N) is 1. The Kier molecular flexibility index (Phi) is 5.23. The smallest absolute Gasteiger partial charge is 0.234 e. The average Bonchev–Trinajstić information content (AvgIpc) is 2.61. The van der Waals surface area contributed by atoms with Crippen LogP contribution in [0.3, 0.4) is 0 Å². The minimum Gasteiger partial charge on any atom is -0.394 e. The van der Waals surface area contributed by atoms with Crippen molar-refractivity contribution in [1.29, 1.82) is 0 Å². The molecule has 5 heteroatoms. The topological polar surface area (TPSA) is 52.6 Å². The minimum absolute atomic E-state index is 0.0302. The number of benzene rings is 2. The summed E-state index contributed by atoms with van der Waals surface area (Å²) in [5.41, 5.74) is 2.77. The van der Waals surface area contributed by atoms with Crippen molar-refractivity contribution in [3.05, 3.63) is 71.0 Å². The van der Waals surface area contributed by atoms with Crippen molar-refractivity contribution < 1.29 is 14.3 Å². The second-order valence-corrected chi connectivity index (χ2v) is 5.99. The van der Waals surface area contributed by atoms with E-state index < -0.39 is 0 Å². The third-order valence-electron chi connectivity index (χ3n) is 4.48. The monoisotopic (exact) mass is 328 g/mol. The molecule has 0 saturated heterocycles. The van der Waals surface area contributed by atoms with Crippen molar-refractivity contribution in [2.24, 2.45) is 0 Å². The third-order valence-corrected chi connectivity index (χ3v) is 4.48. The molecule has 1 atom stereocenters. The Morgan fingerprint density at radius 2 is 1.96 bits per heavy atom. The number of fused-ring (bicyclic) bond motifs is 1. The number of halogens is 1. The molecule has 4 nitrogen and oxygen atoms in total. The summed E-state index contributed by atoms with van der Waals surface area (Å²) in [5.74, 6) is -0.492. The van der Waals surface area contributed by atoms with Crippen LogP contribution in [0.2, 0.25) is 0 Å². The molecule has 3 rings (SSSR count). The van der Waals surface area contributed by atoms with Gasteiger partial charge >= 0.3 is 0 Å². The van der Waals surface area contributed by atoms with E-state index in [0.717, 1.165) is 18.5 Å². The van der Waals surface area contributed by atoms with E-state index >= 15 is 0 Å². The van der Waals surface area contributed by atoms with Crippen LogP contribution in [0.15, 0.2) is 48.5 Å². The molecular weight excluding hydrogens is 307 g/mol. The Labute approximate surface area is 140 Å². The normalized spacial score (nSPS) is 17.3. The molecule has 126 valence electrons. The molecule has 2 aromatic carbocycles. The highest BCUT2D eigenvalue weighted by Gasteiger charge is 2.27. The predicted octanol–water partition coefficient (Wildman–Crippen LogP) is 2.03. The fourth-order valence-electron chi connectivity index (χ4n) is 3.18. The van der Waals surface area contributed by atoms with E-state index in [2.05, 4.69) is 11.4 Å². The van der Waals surface area contributed by atoms with Gasteiger partial charge in [0.05, 0.1) is 19.2 Å². The number of aliphatic hydroxyl groups excluding tert-OH is 1. The van der Waals surface area contributed by atoms with Crippen LogP contribution in [0, 0.1) is 5.82 Å². The number of aliphatic hydroxyl groups is 1. The second kappa shape index (κ2) is 7.55. The first-order valence-corrected chi connectivity index (χ1v) is 8.12. The number of hydrogen-bond donors (Lipinski definition) is 2. The van der Waals surface area contributed by atoms with Gasteiger partial charge in [0.15, 0.2) is 0 Å². The molecule has 0 spiro atoms. The lowest BCUT2D eigenvalue weighted by Gasteiger charge is -2.35. The Morgan fingerprint density at radius 1 is 1.21 bits per heavy atom. The number of carbonyl (C=O) groups is 1. The van der Waals surface area contributed by atoms with Crippen LogP contribution >= 0.6 is 0 Å². The second-order valence-electron chi connectivity index (χ2n) is 5.99. The first-order valence-electron chi connectivity index (χ1n) is 8.12. The van der Waals surface area contributed by atoms with Gasteiger partial charge in [0.2, 0.25) is 5.91 Å². The van der Waals surface area contributed by atoms with Gasteiger partial charge in [-0.1, -0.05) is 42.5 Å². The summed E-state index contributed by atoms with van der Waals surface area (Å²) < 4.78 is 13.6. The number of hydrogen-bond acceptors (Lipinski definition) is 3. The molecule has 1 heterocycles. The van der Waals surface area contributed by atoms with Crippen LogP contribution in [0.25, 0.3) is 0 Å². The van der Waals surface area contributed by atoms with Crippen molar-refractivity contribution in [2.75, 3.05) is 19.7 Å². The van der Waals surface area contributed by atoms with E-state index in [0.29, 0.717) is 5.56 Å². The predicted molar refractivity (Wildman–Crippen MR) is 89.8 cm³/mol. The molecule has 0 bridgehead atoms. The lowest BCUT2D eigenvalue weighted by Crippen LogP contribution is -2.43. The lowest BCUT2D eigenvalue weighted by atomic mass is 9.93. The number of amides is 1. The summed E-state index contributed by atoms with van der Waals surface area (Å²) in [7, 11) is 0. The zero-order valence-corrected chi connectivity index (χ0v) is 13.4. The van der Waals surface area contributed by atoms with Crippen LogP contribution in [-0.4, -0.2) is 35.6 Å². The molecule has 0 aromatic heterocycles. The van der Waals surface area contributed by atoms with Crippen LogP contribution in [0.4, 0.5) is 4.39 Å². The van der Waals surface area contributed by atoms with Gasteiger partial charge in [-0.2, -0.15) is 0 Å². The summed E-state index contributed by atoms with van der Waals surface area (Å²) in [6.45, 7) is 1.04. The van der Waals surface area contributed by atoms with E-state index in [4.69, 9.17) is 0 Å². The van der Waals surface area contributed by atoms with Crippen molar-refractivity contribution in [1.82, 2.24) is 10.2 Å². The molecule has 2 aromatic rings. The van der Waals surface area contributed by atoms with E-state index in [1.165, 1.54) is 11.6 Å². The lowest BCUT2D eigenvalue weighted by molar-refractivity contribution is -0.123. The molecule has 1 aliphatic rings. The standard InChI is InChI=1S/C19H21FN2O2/c20-17-8-4-2-6-15(17)11-21-19(24)12-22-10-9-14-5-1-3-7-16(14)18(22)13-23/h1-8,18,23H,9-13H2,(H,21,24). The summed E-state index contributed by atoms with van der Waals surface area (Å²) in [4.78, 5) is 14.2. The SMILES string of the molecule is O=C(CN1CCc2ccccc2C1CO)NCc1ccccc1F. The van der Waals surface area contributed by atoms with E-state index in [1.807, 2.05) is 23.1 Å². The van der Waals surface area contributed by atoms with Gasteiger partial charge in [0, 0.05) is 18.7 Å². The number of rotatable bonds is 5. The maximum atomic E-state index is 13.6. The summed E-state index contributed by atoms with van der Waals surface area (Å²) >= 11 is 0. The van der Waals surface area contributed by atoms with Gasteiger partial charge in [-0.25, -0.2) is 4.39 Å². The molecule has 0 saturated carbocycles. The van der Waals surface area contributed by atoms with Crippen molar-refractivity contribution in [3.63, 3.8) is 0 Å². The molecule has 0 aliphatic carbocycles. The van der Waals surface area contributed by atoms with Crippen LogP contribution in [0.5, 0.6) is 0 Å². The van der Waals surface area contributed by atoms with E-state index in [9.17, 15) is 14.3 Å². The van der Waals surface area contributed by atoms with Gasteiger partial charge in [0.25, 0.3) is 0 Å². The average molecular weight is 328 g/mol. The zero-order chi connectivity index (χ0) is 16.9. The molecular formula is C19H21FN2O2. The molecule has 2 N–H and O–H groups in total. The summed E-state index contributed by atoms with van der Waals surface area (Å²) in [5, 5.41) is 12.5. The highest BCUT2D eigenvalue weighted by Crippen LogP contribution is 2.28. The minimum atomic E-state index is -0.321. The van der Waals surface area contributed by atoms with Crippen molar-refractivity contribution >= 4 is 5.91 Å². The molecule has 1 unspecified atom stereocenters. The zero-order valence-electron chi connectivity index (χ0n) is 13.4. The summed E-state index contributed by atoms with van der Waals surface area (Å²) in [6.07, 6.45) is 0.854. The number of carbonyl (C=O) groups excluding carboxylic acids is 1. The maximum Gasteiger partial charge on any atom is 0.234 e. The van der Waals surface area contributed by atoms with E-state index in [-0.39, 0.29) is 37.5 Å². The Morgan fingerprint density at radius 3 is 2.75 bits per heavy atom. The quantitative estimate of drug-likeness (QED) is 0.883. The summed E-state index contributed by atoms with van der Waals surface area (Å²) in [6, 6.07) is 14.2. The Hall–Kier alpha value is -2.24. The van der Waals surface area contributed by atoms with Crippen LogP contribution < -0.4 is 5.32 Å². The first kappa shape index (κ1) is 16.6. The molecule has 24 heavy (non-hydrogen) atoms. The molecule has 0 fully saturated rings. The van der Waals surface area contributed by atoms with Gasteiger partial charge in [0.1, 0.15) is 5.82 Å². The van der Waals surface area contributed by atoms with Gasteiger partial charge in [-0.3, -0.25) is 9.69 Å². The van der Waals surface area contributed by atoms with Gasteiger partial charge in [-0.15, -0.1) is 0 Å². The molecule has 1 amide bonds. The Bertz CT molecular complexity index is 720. The van der Waals surface area contributed by atoms with E-state index in [1.54, 1.807) is 18.2 Å². The van der Waals surface area contributed by atoms with Crippen LogP contribution in [-0.2, 0) is 17.8 Å². The van der Waals surface area contributed by atoms with Crippen molar-refractivity contribution in [3.8, 4) is 0 Å². The maximum absolute atomic E-state index is 13.6. The fourth-order valence-corrected chi connectivity index (χ4v) is 3.18. The van der Waals surface area contributed by atoms with Crippen LogP contribution in [0.1, 0.15) is 22.7 Å². The number of nitrogens with zero attached hydrogens (tertiary/aromatic N) is 1.